The normalized spacial score (nSPS) is 18.4. The lowest BCUT2D eigenvalue weighted by Gasteiger charge is -2.43. The van der Waals surface area contributed by atoms with Crippen molar-refractivity contribution in [1.82, 2.24) is 14.8 Å². The van der Waals surface area contributed by atoms with Crippen LogP contribution in [0.5, 0.6) is 17.5 Å². The minimum absolute atomic E-state index is 0.0283. The van der Waals surface area contributed by atoms with E-state index in [0.29, 0.717) is 23.3 Å². The summed E-state index contributed by atoms with van der Waals surface area (Å²) in [5.74, 6) is 1.00. The van der Waals surface area contributed by atoms with Gasteiger partial charge in [-0.15, -0.1) is 0 Å². The maximum absolute atomic E-state index is 13.3. The summed E-state index contributed by atoms with van der Waals surface area (Å²) in [6.45, 7) is 3.90. The van der Waals surface area contributed by atoms with E-state index in [2.05, 4.69) is 4.98 Å². The van der Waals surface area contributed by atoms with Crippen LogP contribution in [-0.4, -0.2) is 66.1 Å². The first-order valence-corrected chi connectivity index (χ1v) is 12.5. The number of pyridine rings is 1. The SMILES string of the molecule is COc1cc(COc2ccc(S(=O)(=O)N3CCSC(C)(C)[C@@H]3C(=O)NO)cc2)cc(OC)n1. The third-order valence-electron chi connectivity index (χ3n) is 5.18. The van der Waals surface area contributed by atoms with Crippen LogP contribution in [0, 0.1) is 0 Å². The Bertz CT molecular complexity index is 1070. The number of hydroxylamine groups is 1. The van der Waals surface area contributed by atoms with Crippen LogP contribution < -0.4 is 19.7 Å². The Morgan fingerprint density at radius 2 is 1.82 bits per heavy atom. The number of sulfonamides is 1. The van der Waals surface area contributed by atoms with E-state index in [1.807, 2.05) is 0 Å². The van der Waals surface area contributed by atoms with Gasteiger partial charge in [-0.05, 0) is 43.7 Å². The molecule has 10 nitrogen and oxygen atoms in total. The number of rotatable bonds is 8. The first-order chi connectivity index (χ1) is 15.6. The van der Waals surface area contributed by atoms with Crippen molar-refractivity contribution in [3.05, 3.63) is 42.0 Å². The summed E-state index contributed by atoms with van der Waals surface area (Å²) in [6.07, 6.45) is 0. The highest BCUT2D eigenvalue weighted by Crippen LogP contribution is 2.38. The number of ether oxygens (including phenoxy) is 3. The molecule has 2 aromatic rings. The van der Waals surface area contributed by atoms with E-state index < -0.39 is 26.7 Å². The van der Waals surface area contributed by atoms with Gasteiger partial charge in [-0.3, -0.25) is 10.0 Å². The Hall–Kier alpha value is -2.54. The number of carbonyl (C=O) groups is 1. The third-order valence-corrected chi connectivity index (χ3v) is 8.42. The van der Waals surface area contributed by atoms with Crippen molar-refractivity contribution in [2.45, 2.75) is 36.1 Å². The van der Waals surface area contributed by atoms with Crippen LogP contribution in [0.1, 0.15) is 19.4 Å². The molecule has 1 amide bonds. The number of methoxy groups -OCH3 is 2. The van der Waals surface area contributed by atoms with Crippen LogP contribution in [0.15, 0.2) is 41.3 Å². The van der Waals surface area contributed by atoms with E-state index in [-0.39, 0.29) is 18.0 Å². The van der Waals surface area contributed by atoms with Crippen molar-refractivity contribution in [1.29, 1.82) is 0 Å². The number of nitrogens with zero attached hydrogens (tertiary/aromatic N) is 2. The molecule has 180 valence electrons. The van der Waals surface area contributed by atoms with Crippen molar-refractivity contribution in [3.8, 4) is 17.5 Å². The van der Waals surface area contributed by atoms with Crippen molar-refractivity contribution in [2.24, 2.45) is 0 Å². The molecule has 1 aliphatic heterocycles. The average Bonchev–Trinajstić information content (AvgIpc) is 2.81. The fraction of sp³-hybridized carbons (Fsp3) is 0.429. The van der Waals surface area contributed by atoms with Crippen LogP contribution >= 0.6 is 11.8 Å². The molecule has 1 atom stereocenters. The average molecular weight is 498 g/mol. The van der Waals surface area contributed by atoms with Gasteiger partial charge < -0.3 is 14.2 Å². The molecule has 0 aliphatic carbocycles. The van der Waals surface area contributed by atoms with Gasteiger partial charge in [-0.2, -0.15) is 21.1 Å². The zero-order valence-electron chi connectivity index (χ0n) is 18.8. The molecule has 33 heavy (non-hydrogen) atoms. The Balaban J connectivity index is 1.78. The standard InChI is InChI=1S/C21H27N3O7S2/c1-21(2)19(20(25)23-26)24(9-10-32-21)33(27,28)16-7-5-15(6-8-16)31-13-14-11-17(29-3)22-18(12-14)30-4/h5-8,11-12,19,26H,9-10,13H2,1-4H3,(H,23,25)/t19-/m0/s1. The van der Waals surface area contributed by atoms with Crippen LogP contribution in [0.3, 0.4) is 0 Å². The smallest absolute Gasteiger partial charge is 0.263 e. The summed E-state index contributed by atoms with van der Waals surface area (Å²) in [6, 6.07) is 8.33. The number of thioether (sulfide) groups is 1. The lowest BCUT2D eigenvalue weighted by Crippen LogP contribution is -2.61. The summed E-state index contributed by atoms with van der Waals surface area (Å²) in [7, 11) is -0.983. The highest BCUT2D eigenvalue weighted by molar-refractivity contribution is 8.00. The van der Waals surface area contributed by atoms with Gasteiger partial charge in [0.15, 0.2) is 0 Å². The molecule has 0 radical (unpaired) electrons. The van der Waals surface area contributed by atoms with Crippen LogP contribution in [0.25, 0.3) is 0 Å². The van der Waals surface area contributed by atoms with Crippen LogP contribution in [0.2, 0.25) is 0 Å². The Labute approximate surface area is 197 Å². The van der Waals surface area contributed by atoms with Gasteiger partial charge in [0.25, 0.3) is 5.91 Å². The molecule has 0 spiro atoms. The van der Waals surface area contributed by atoms with E-state index in [9.17, 15) is 13.2 Å². The van der Waals surface area contributed by atoms with Gasteiger partial charge in [0.05, 0.1) is 19.1 Å². The maximum atomic E-state index is 13.3. The first kappa shape index (κ1) is 25.1. The highest BCUT2D eigenvalue weighted by Gasteiger charge is 2.48. The quantitative estimate of drug-likeness (QED) is 0.416. The van der Waals surface area contributed by atoms with Gasteiger partial charge in [-0.25, -0.2) is 13.9 Å². The van der Waals surface area contributed by atoms with E-state index in [1.54, 1.807) is 43.6 Å². The second-order valence-electron chi connectivity index (χ2n) is 7.77. The molecule has 0 bridgehead atoms. The largest absolute Gasteiger partial charge is 0.489 e. The van der Waals surface area contributed by atoms with Gasteiger partial charge in [0, 0.05) is 29.2 Å². The number of amides is 1. The van der Waals surface area contributed by atoms with Gasteiger partial charge in [0.2, 0.25) is 21.8 Å². The summed E-state index contributed by atoms with van der Waals surface area (Å²) < 4.78 is 43.1. The van der Waals surface area contributed by atoms with Gasteiger partial charge >= 0.3 is 0 Å². The van der Waals surface area contributed by atoms with Crippen molar-refractivity contribution in [2.75, 3.05) is 26.5 Å². The highest BCUT2D eigenvalue weighted by atomic mass is 32.2. The molecule has 0 unspecified atom stereocenters. The molecule has 2 heterocycles. The van der Waals surface area contributed by atoms with Crippen LogP contribution in [0.4, 0.5) is 0 Å². The topological polar surface area (TPSA) is 127 Å². The van der Waals surface area contributed by atoms with Gasteiger partial charge in [0.1, 0.15) is 18.4 Å². The molecule has 1 aliphatic rings. The molecular formula is C21H27N3O7S2. The minimum atomic E-state index is -3.99. The van der Waals surface area contributed by atoms with Crippen molar-refractivity contribution >= 4 is 27.7 Å². The van der Waals surface area contributed by atoms with E-state index in [4.69, 9.17) is 19.4 Å². The van der Waals surface area contributed by atoms with Gasteiger partial charge in [-0.1, -0.05) is 0 Å². The number of aromatic nitrogens is 1. The number of benzene rings is 1. The lowest BCUT2D eigenvalue weighted by atomic mass is 10.0. The minimum Gasteiger partial charge on any atom is -0.489 e. The molecule has 1 aromatic carbocycles. The molecule has 1 saturated heterocycles. The summed E-state index contributed by atoms with van der Waals surface area (Å²) in [5.41, 5.74) is 2.37. The number of carbonyl (C=O) groups excluding carboxylic acids is 1. The lowest BCUT2D eigenvalue weighted by molar-refractivity contribution is -0.134. The maximum Gasteiger partial charge on any atom is 0.263 e. The predicted molar refractivity (Wildman–Crippen MR) is 122 cm³/mol. The molecule has 12 heteroatoms. The fourth-order valence-corrected chi connectivity index (χ4v) is 6.66. The zero-order valence-corrected chi connectivity index (χ0v) is 20.4. The number of hydrogen-bond donors (Lipinski definition) is 2. The van der Waals surface area contributed by atoms with E-state index in [0.717, 1.165) is 9.87 Å². The van der Waals surface area contributed by atoms with Crippen molar-refractivity contribution < 1.29 is 32.6 Å². The molecular weight excluding hydrogens is 470 g/mol. The fourth-order valence-electron chi connectivity index (χ4n) is 3.55. The van der Waals surface area contributed by atoms with Crippen LogP contribution in [-0.2, 0) is 21.4 Å². The van der Waals surface area contributed by atoms with E-state index >= 15 is 0 Å². The molecule has 3 rings (SSSR count). The second kappa shape index (κ2) is 10.2. The summed E-state index contributed by atoms with van der Waals surface area (Å²) in [5, 5.41) is 9.16. The summed E-state index contributed by atoms with van der Waals surface area (Å²) in [4.78, 5) is 16.5. The van der Waals surface area contributed by atoms with Crippen molar-refractivity contribution in [3.63, 3.8) is 0 Å². The Kier molecular flexibility index (Phi) is 7.73. The number of nitrogens with one attached hydrogen (secondary N) is 1. The molecule has 1 fully saturated rings. The number of hydrogen-bond acceptors (Lipinski definition) is 9. The zero-order chi connectivity index (χ0) is 24.2. The Morgan fingerprint density at radius 3 is 2.36 bits per heavy atom. The van der Waals surface area contributed by atoms with E-state index in [1.165, 1.54) is 38.1 Å². The Morgan fingerprint density at radius 1 is 1.21 bits per heavy atom. The molecule has 2 N–H and O–H groups in total. The monoisotopic (exact) mass is 497 g/mol. The second-order valence-corrected chi connectivity index (χ2v) is 11.4. The summed E-state index contributed by atoms with van der Waals surface area (Å²) >= 11 is 1.48. The molecule has 1 aromatic heterocycles. The third kappa shape index (κ3) is 5.52. The first-order valence-electron chi connectivity index (χ1n) is 10.0. The predicted octanol–water partition coefficient (Wildman–Crippen LogP) is 2.07. The molecule has 0 saturated carbocycles.